The number of allylic oxidation sites excluding steroid dienone is 3. The van der Waals surface area contributed by atoms with E-state index in [9.17, 15) is 4.79 Å². The highest BCUT2D eigenvalue weighted by atomic mass is 127. The maximum atomic E-state index is 11.8. The Bertz CT molecular complexity index is 306. The number of hydrogen-bond donors (Lipinski definition) is 0. The number of nitrogens with zero attached hydrogens (tertiary/aromatic N) is 1. The van der Waals surface area contributed by atoms with E-state index >= 15 is 0 Å². The van der Waals surface area contributed by atoms with Crippen LogP contribution in [0.3, 0.4) is 0 Å². The zero-order chi connectivity index (χ0) is 10.7. The topological polar surface area (TPSA) is 20.3 Å². The minimum atomic E-state index is 0.0827. The number of hydrogen-bond acceptors (Lipinski definition) is 1. The van der Waals surface area contributed by atoms with Gasteiger partial charge in [-0.15, -0.1) is 0 Å². The Morgan fingerprint density at radius 1 is 1.64 bits per heavy atom. The van der Waals surface area contributed by atoms with Gasteiger partial charge in [0, 0.05) is 5.92 Å². The standard InChI is InChI=1S/C11H14INO/c1-4-5-10-8(2)6-7-9(3)11(14)13(10)12/h4-5,9H,1-2,6-7H2,3H3/b10-5+. The van der Waals surface area contributed by atoms with Crippen LogP contribution in [0.2, 0.25) is 0 Å². The largest absolute Gasteiger partial charge is 0.273 e. The van der Waals surface area contributed by atoms with Crippen LogP contribution in [0.25, 0.3) is 0 Å². The summed E-state index contributed by atoms with van der Waals surface area (Å²) >= 11 is 2.03. The van der Waals surface area contributed by atoms with Gasteiger partial charge >= 0.3 is 0 Å². The van der Waals surface area contributed by atoms with Gasteiger partial charge in [0.15, 0.2) is 0 Å². The summed E-state index contributed by atoms with van der Waals surface area (Å²) in [5.41, 5.74) is 1.90. The first kappa shape index (κ1) is 11.5. The van der Waals surface area contributed by atoms with E-state index in [0.29, 0.717) is 0 Å². The third kappa shape index (κ3) is 2.26. The lowest BCUT2D eigenvalue weighted by Crippen LogP contribution is -2.23. The van der Waals surface area contributed by atoms with E-state index in [-0.39, 0.29) is 11.8 Å². The lowest BCUT2D eigenvalue weighted by atomic mass is 10.0. The molecule has 1 unspecified atom stereocenters. The number of carbonyl (C=O) groups is 1. The van der Waals surface area contributed by atoms with Crippen LogP contribution < -0.4 is 0 Å². The predicted octanol–water partition coefficient (Wildman–Crippen LogP) is 3.22. The molecule has 2 nitrogen and oxygen atoms in total. The van der Waals surface area contributed by atoms with E-state index in [1.807, 2.05) is 35.9 Å². The summed E-state index contributed by atoms with van der Waals surface area (Å²) in [6, 6.07) is 0. The van der Waals surface area contributed by atoms with Gasteiger partial charge in [-0.05, 0) is 24.5 Å². The minimum Gasteiger partial charge on any atom is -0.273 e. The molecule has 1 heterocycles. The Labute approximate surface area is 98.9 Å². The van der Waals surface area contributed by atoms with Gasteiger partial charge < -0.3 is 0 Å². The first-order chi connectivity index (χ1) is 6.57. The van der Waals surface area contributed by atoms with Crippen molar-refractivity contribution in [2.75, 3.05) is 0 Å². The first-order valence-corrected chi connectivity index (χ1v) is 5.55. The summed E-state index contributed by atoms with van der Waals surface area (Å²) in [5.74, 6) is 0.233. The molecule has 0 bridgehead atoms. The summed E-state index contributed by atoms with van der Waals surface area (Å²) in [5, 5.41) is 0. The molecule has 1 atom stereocenters. The molecule has 0 radical (unpaired) electrons. The predicted molar refractivity (Wildman–Crippen MR) is 66.7 cm³/mol. The Morgan fingerprint density at radius 2 is 2.29 bits per heavy atom. The smallest absolute Gasteiger partial charge is 0.238 e. The van der Waals surface area contributed by atoms with Crippen LogP contribution in [0, 0.1) is 5.92 Å². The average molecular weight is 303 g/mol. The Kier molecular flexibility index (Phi) is 3.92. The summed E-state index contributed by atoms with van der Waals surface area (Å²) in [7, 11) is 0. The quantitative estimate of drug-likeness (QED) is 0.538. The van der Waals surface area contributed by atoms with Crippen LogP contribution in [0.1, 0.15) is 19.8 Å². The molecule has 0 saturated carbocycles. The number of carbonyl (C=O) groups excluding carboxylic acids is 1. The molecule has 0 aromatic rings. The molecular formula is C11H14INO. The van der Waals surface area contributed by atoms with Crippen molar-refractivity contribution in [1.82, 2.24) is 3.11 Å². The Hall–Kier alpha value is -0.580. The molecule has 1 amide bonds. The van der Waals surface area contributed by atoms with Gasteiger partial charge in [-0.25, -0.2) is 0 Å². The Morgan fingerprint density at radius 3 is 2.86 bits per heavy atom. The molecule has 1 fully saturated rings. The van der Waals surface area contributed by atoms with Crippen molar-refractivity contribution in [1.29, 1.82) is 0 Å². The molecule has 14 heavy (non-hydrogen) atoms. The van der Waals surface area contributed by atoms with Gasteiger partial charge in [0.2, 0.25) is 5.91 Å². The first-order valence-electron chi connectivity index (χ1n) is 4.58. The minimum absolute atomic E-state index is 0.0827. The lowest BCUT2D eigenvalue weighted by molar-refractivity contribution is -0.127. The summed E-state index contributed by atoms with van der Waals surface area (Å²) in [6.07, 6.45) is 5.29. The van der Waals surface area contributed by atoms with Gasteiger partial charge in [0.1, 0.15) is 0 Å². The molecule has 0 aromatic heterocycles. The zero-order valence-corrected chi connectivity index (χ0v) is 10.5. The van der Waals surface area contributed by atoms with E-state index in [1.54, 1.807) is 9.19 Å². The number of halogens is 1. The fourth-order valence-corrected chi connectivity index (χ4v) is 2.37. The highest BCUT2D eigenvalue weighted by Crippen LogP contribution is 2.30. The molecule has 0 N–H and O–H groups in total. The highest BCUT2D eigenvalue weighted by molar-refractivity contribution is 14.1. The van der Waals surface area contributed by atoms with Crippen molar-refractivity contribution in [3.8, 4) is 0 Å². The van der Waals surface area contributed by atoms with Gasteiger partial charge in [0.05, 0.1) is 28.6 Å². The van der Waals surface area contributed by atoms with Crippen LogP contribution >= 0.6 is 22.9 Å². The van der Waals surface area contributed by atoms with Crippen molar-refractivity contribution in [2.45, 2.75) is 19.8 Å². The van der Waals surface area contributed by atoms with Crippen molar-refractivity contribution in [3.63, 3.8) is 0 Å². The van der Waals surface area contributed by atoms with Crippen molar-refractivity contribution < 1.29 is 4.79 Å². The number of amides is 1. The molecule has 0 aliphatic carbocycles. The van der Waals surface area contributed by atoms with Crippen molar-refractivity contribution in [3.05, 3.63) is 36.6 Å². The maximum absolute atomic E-state index is 11.8. The highest BCUT2D eigenvalue weighted by Gasteiger charge is 2.26. The molecule has 3 heteroatoms. The van der Waals surface area contributed by atoms with Crippen LogP contribution in [0.15, 0.2) is 36.6 Å². The molecular weight excluding hydrogens is 289 g/mol. The van der Waals surface area contributed by atoms with Crippen LogP contribution in [0.5, 0.6) is 0 Å². The summed E-state index contributed by atoms with van der Waals surface area (Å²) in [4.78, 5) is 11.8. The van der Waals surface area contributed by atoms with Crippen molar-refractivity contribution in [2.24, 2.45) is 5.92 Å². The molecule has 0 spiro atoms. The van der Waals surface area contributed by atoms with E-state index in [2.05, 4.69) is 13.2 Å². The third-order valence-corrected chi connectivity index (χ3v) is 3.34. The van der Waals surface area contributed by atoms with E-state index < -0.39 is 0 Å². The van der Waals surface area contributed by atoms with Crippen LogP contribution in [-0.2, 0) is 4.79 Å². The van der Waals surface area contributed by atoms with Gasteiger partial charge in [-0.3, -0.25) is 7.91 Å². The van der Waals surface area contributed by atoms with E-state index in [1.165, 1.54) is 0 Å². The molecule has 1 rings (SSSR count). The second kappa shape index (κ2) is 4.77. The zero-order valence-electron chi connectivity index (χ0n) is 8.29. The van der Waals surface area contributed by atoms with Gasteiger partial charge in [-0.1, -0.05) is 26.2 Å². The van der Waals surface area contributed by atoms with E-state index in [4.69, 9.17) is 0 Å². The summed E-state index contributed by atoms with van der Waals surface area (Å²) < 4.78 is 1.65. The monoisotopic (exact) mass is 303 g/mol. The van der Waals surface area contributed by atoms with Gasteiger partial charge in [0.25, 0.3) is 0 Å². The van der Waals surface area contributed by atoms with Crippen molar-refractivity contribution >= 4 is 28.8 Å². The Balaban J connectivity index is 3.03. The maximum Gasteiger partial charge on any atom is 0.238 e. The summed E-state index contributed by atoms with van der Waals surface area (Å²) in [6.45, 7) is 9.57. The van der Waals surface area contributed by atoms with Gasteiger partial charge in [-0.2, -0.15) is 0 Å². The molecule has 0 aromatic carbocycles. The fourth-order valence-electron chi connectivity index (χ4n) is 1.39. The van der Waals surface area contributed by atoms with Crippen LogP contribution in [-0.4, -0.2) is 9.02 Å². The third-order valence-electron chi connectivity index (χ3n) is 2.34. The second-order valence-corrected chi connectivity index (χ2v) is 4.41. The molecule has 1 saturated heterocycles. The van der Waals surface area contributed by atoms with Crippen LogP contribution in [0.4, 0.5) is 0 Å². The number of rotatable bonds is 1. The normalized spacial score (nSPS) is 26.6. The lowest BCUT2D eigenvalue weighted by Gasteiger charge is -2.17. The SMILES string of the molecule is C=C/C=C1\C(=C)CCC(C)C(=O)N1I. The molecule has 1 aliphatic heterocycles. The van der Waals surface area contributed by atoms with E-state index in [0.717, 1.165) is 24.1 Å². The molecule has 1 aliphatic rings. The molecule has 76 valence electrons. The fraction of sp³-hybridized carbons (Fsp3) is 0.364. The second-order valence-electron chi connectivity index (χ2n) is 3.45. The average Bonchev–Trinajstić information content (AvgIpc) is 2.25.